The van der Waals surface area contributed by atoms with Crippen LogP contribution in [0.15, 0.2) is 60.8 Å². The largest absolute Gasteiger partial charge is 0.343 e. The van der Waals surface area contributed by atoms with Crippen molar-refractivity contribution in [1.82, 2.24) is 9.88 Å². The summed E-state index contributed by atoms with van der Waals surface area (Å²) in [6.07, 6.45) is 6.35. The Balaban J connectivity index is 1.53. The summed E-state index contributed by atoms with van der Waals surface area (Å²) in [5, 5.41) is 3.02. The summed E-state index contributed by atoms with van der Waals surface area (Å²) in [5.74, 6) is -0.0370. The highest BCUT2D eigenvalue weighted by Gasteiger charge is 2.27. The number of hydrogen-bond acceptors (Lipinski definition) is 4. The Morgan fingerprint density at radius 3 is 2.38 bits per heavy atom. The van der Waals surface area contributed by atoms with Crippen LogP contribution in [0.5, 0.6) is 0 Å². The van der Waals surface area contributed by atoms with E-state index >= 15 is 4.39 Å². The first-order valence-electron chi connectivity index (χ1n) is 13.8. The van der Waals surface area contributed by atoms with Gasteiger partial charge in [0.2, 0.25) is 11.8 Å². The Hall–Kier alpha value is -3.58. The second kappa shape index (κ2) is 12.1. The van der Waals surface area contributed by atoms with E-state index < -0.39 is 5.54 Å². The van der Waals surface area contributed by atoms with E-state index in [1.807, 2.05) is 68.3 Å². The van der Waals surface area contributed by atoms with E-state index in [9.17, 15) is 9.59 Å². The van der Waals surface area contributed by atoms with Crippen LogP contribution in [-0.4, -0.2) is 34.8 Å². The van der Waals surface area contributed by atoms with Crippen molar-refractivity contribution in [3.8, 4) is 22.4 Å². The molecule has 1 atom stereocenters. The highest BCUT2D eigenvalue weighted by Crippen LogP contribution is 2.35. The molecular weight excluding hydrogens is 491 g/mol. The van der Waals surface area contributed by atoms with Gasteiger partial charge in [0, 0.05) is 48.7 Å². The molecule has 1 unspecified atom stereocenters. The van der Waals surface area contributed by atoms with E-state index in [1.54, 1.807) is 19.2 Å². The van der Waals surface area contributed by atoms with Crippen molar-refractivity contribution in [3.05, 3.63) is 72.2 Å². The normalized spacial score (nSPS) is 18.7. The number of nitrogens with one attached hydrogen (secondary N) is 1. The van der Waals surface area contributed by atoms with E-state index in [1.165, 1.54) is 6.07 Å². The highest BCUT2D eigenvalue weighted by atomic mass is 19.1. The zero-order valence-corrected chi connectivity index (χ0v) is 23.3. The third-order valence-corrected chi connectivity index (χ3v) is 8.18. The monoisotopic (exact) mass is 530 g/mol. The Morgan fingerprint density at radius 2 is 1.77 bits per heavy atom. The van der Waals surface area contributed by atoms with Crippen LogP contribution >= 0.6 is 0 Å². The van der Waals surface area contributed by atoms with Crippen molar-refractivity contribution in [1.29, 1.82) is 0 Å². The van der Waals surface area contributed by atoms with E-state index in [2.05, 4.69) is 10.3 Å². The Kier molecular flexibility index (Phi) is 8.80. The standard InChI is InChI=1S/C32H39FN4O2/c1-5-32(3,34)28-16-13-24(18-29(28)33)31-27(23-9-7-6-8-10-23)19-25(20-35-31)36-30(39)17-22-11-14-26(15-12-22)37(4)21(2)38/h6-10,13,16,18-20,22,26H,5,11-12,14-15,17,34H2,1-4H3,(H,36,39). The third kappa shape index (κ3) is 6.71. The molecule has 4 rings (SSSR count). The lowest BCUT2D eigenvalue weighted by molar-refractivity contribution is -0.130. The molecule has 0 aliphatic heterocycles. The number of anilines is 1. The average molecular weight is 531 g/mol. The second-order valence-corrected chi connectivity index (χ2v) is 11.0. The van der Waals surface area contributed by atoms with Gasteiger partial charge in [-0.2, -0.15) is 0 Å². The Labute approximate surface area is 230 Å². The summed E-state index contributed by atoms with van der Waals surface area (Å²) >= 11 is 0. The molecular formula is C32H39FN4O2. The second-order valence-electron chi connectivity index (χ2n) is 11.0. The van der Waals surface area contributed by atoms with Crippen LogP contribution in [-0.2, 0) is 15.1 Å². The molecule has 2 aromatic carbocycles. The summed E-state index contributed by atoms with van der Waals surface area (Å²) < 4.78 is 15.2. The summed E-state index contributed by atoms with van der Waals surface area (Å²) in [6.45, 7) is 5.36. The number of pyridine rings is 1. The van der Waals surface area contributed by atoms with E-state index in [0.717, 1.165) is 36.8 Å². The van der Waals surface area contributed by atoms with Gasteiger partial charge in [-0.15, -0.1) is 0 Å². The van der Waals surface area contributed by atoms with E-state index in [-0.39, 0.29) is 23.7 Å². The molecule has 0 spiro atoms. The molecule has 0 radical (unpaired) electrons. The fourth-order valence-electron chi connectivity index (χ4n) is 5.38. The van der Waals surface area contributed by atoms with Crippen LogP contribution in [0.1, 0.15) is 64.9 Å². The SMILES string of the molecule is CCC(C)(N)c1ccc(-c2ncc(NC(=O)CC3CCC(N(C)C(C)=O)CC3)cc2-c2ccccc2)cc1F. The quantitative estimate of drug-likeness (QED) is 0.348. The lowest BCUT2D eigenvalue weighted by atomic mass is 9.83. The molecule has 2 amide bonds. The summed E-state index contributed by atoms with van der Waals surface area (Å²) in [7, 11) is 1.85. The van der Waals surface area contributed by atoms with Crippen LogP contribution in [0.2, 0.25) is 0 Å². The van der Waals surface area contributed by atoms with Gasteiger partial charge in [0.15, 0.2) is 0 Å². The van der Waals surface area contributed by atoms with Gasteiger partial charge in [-0.25, -0.2) is 4.39 Å². The first-order chi connectivity index (χ1) is 18.6. The molecule has 0 saturated heterocycles. The van der Waals surface area contributed by atoms with Gasteiger partial charge in [0.1, 0.15) is 5.82 Å². The minimum atomic E-state index is -0.755. The van der Waals surface area contributed by atoms with Gasteiger partial charge in [0.25, 0.3) is 0 Å². The number of carbonyl (C=O) groups excluding carboxylic acids is 2. The maximum Gasteiger partial charge on any atom is 0.224 e. The first kappa shape index (κ1) is 28.4. The summed E-state index contributed by atoms with van der Waals surface area (Å²) in [6, 6.07) is 17.0. The van der Waals surface area contributed by atoms with Gasteiger partial charge < -0.3 is 16.0 Å². The van der Waals surface area contributed by atoms with Crippen molar-refractivity contribution in [2.75, 3.05) is 12.4 Å². The van der Waals surface area contributed by atoms with Crippen molar-refractivity contribution in [2.45, 2.75) is 70.9 Å². The molecule has 6 nitrogen and oxygen atoms in total. The van der Waals surface area contributed by atoms with Gasteiger partial charge in [-0.1, -0.05) is 49.4 Å². The molecule has 1 fully saturated rings. The van der Waals surface area contributed by atoms with Gasteiger partial charge >= 0.3 is 0 Å². The predicted octanol–water partition coefficient (Wildman–Crippen LogP) is 6.50. The molecule has 3 N–H and O–H groups in total. The van der Waals surface area contributed by atoms with Crippen LogP contribution < -0.4 is 11.1 Å². The number of aromatic nitrogens is 1. The Morgan fingerprint density at radius 1 is 1.08 bits per heavy atom. The van der Waals surface area contributed by atoms with E-state index in [0.29, 0.717) is 41.3 Å². The molecule has 206 valence electrons. The fraction of sp³-hybridized carbons (Fsp3) is 0.406. The average Bonchev–Trinajstić information content (AvgIpc) is 2.93. The number of nitrogens with two attached hydrogens (primary N) is 1. The molecule has 0 bridgehead atoms. The highest BCUT2D eigenvalue weighted by molar-refractivity contribution is 5.93. The molecule has 39 heavy (non-hydrogen) atoms. The third-order valence-electron chi connectivity index (χ3n) is 8.18. The number of nitrogens with zero attached hydrogens (tertiary/aromatic N) is 2. The first-order valence-corrected chi connectivity index (χ1v) is 13.8. The van der Waals surface area contributed by atoms with Crippen LogP contribution in [0, 0.1) is 11.7 Å². The lowest BCUT2D eigenvalue weighted by Gasteiger charge is -2.34. The zero-order valence-electron chi connectivity index (χ0n) is 23.3. The van der Waals surface area contributed by atoms with Gasteiger partial charge in [0.05, 0.1) is 17.6 Å². The Bertz CT molecular complexity index is 1320. The van der Waals surface area contributed by atoms with Gasteiger partial charge in [-0.3, -0.25) is 14.6 Å². The molecule has 7 heteroatoms. The van der Waals surface area contributed by atoms with Crippen LogP contribution in [0.4, 0.5) is 10.1 Å². The number of hydrogen-bond donors (Lipinski definition) is 2. The smallest absolute Gasteiger partial charge is 0.224 e. The zero-order chi connectivity index (χ0) is 28.2. The molecule has 1 aliphatic carbocycles. The lowest BCUT2D eigenvalue weighted by Crippen LogP contribution is -2.38. The molecule has 1 aromatic heterocycles. The van der Waals surface area contributed by atoms with Crippen LogP contribution in [0.3, 0.4) is 0 Å². The maximum absolute atomic E-state index is 15.2. The molecule has 3 aromatic rings. The fourth-order valence-corrected chi connectivity index (χ4v) is 5.38. The predicted molar refractivity (Wildman–Crippen MR) is 154 cm³/mol. The molecule has 1 saturated carbocycles. The van der Waals surface area contributed by atoms with Crippen molar-refractivity contribution >= 4 is 17.5 Å². The number of amides is 2. The number of carbonyl (C=O) groups is 2. The minimum absolute atomic E-state index is 0.0517. The molecule has 1 aliphatic rings. The minimum Gasteiger partial charge on any atom is -0.343 e. The maximum atomic E-state index is 15.2. The summed E-state index contributed by atoms with van der Waals surface area (Å²) in [4.78, 5) is 31.1. The number of rotatable bonds is 8. The topological polar surface area (TPSA) is 88.3 Å². The van der Waals surface area contributed by atoms with Crippen molar-refractivity contribution < 1.29 is 14.0 Å². The van der Waals surface area contributed by atoms with Crippen molar-refractivity contribution in [3.63, 3.8) is 0 Å². The van der Waals surface area contributed by atoms with Crippen LogP contribution in [0.25, 0.3) is 22.4 Å². The van der Waals surface area contributed by atoms with Gasteiger partial charge in [-0.05, 0) is 62.6 Å². The van der Waals surface area contributed by atoms with E-state index in [4.69, 9.17) is 5.73 Å². The van der Waals surface area contributed by atoms with Crippen molar-refractivity contribution in [2.24, 2.45) is 11.7 Å². The summed E-state index contributed by atoms with van der Waals surface area (Å²) in [5.41, 5.74) is 9.63. The number of halogens is 1. The number of benzene rings is 2. The molecule has 1 heterocycles.